The molecule has 1 fully saturated rings. The number of aliphatic hydroxyl groups excluding tert-OH is 3. The Hall–Kier alpha value is -2.53. The first-order valence-electron chi connectivity index (χ1n) is 8.93. The molecule has 3 rings (SSSR count). The average molecular weight is 393 g/mol. The lowest BCUT2D eigenvalue weighted by atomic mass is 9.97. The van der Waals surface area contributed by atoms with Crippen LogP contribution in [0.25, 0.3) is 0 Å². The molecule has 4 N–H and O–H groups in total. The number of carbonyl (C=O) groups is 2. The molecule has 0 bridgehead atoms. The van der Waals surface area contributed by atoms with Crippen molar-refractivity contribution in [2.24, 2.45) is 5.16 Å². The van der Waals surface area contributed by atoms with Crippen molar-refractivity contribution in [3.8, 4) is 0 Å². The van der Waals surface area contributed by atoms with E-state index >= 15 is 0 Å². The number of amides is 2. The highest BCUT2D eigenvalue weighted by Crippen LogP contribution is 2.29. The zero-order valence-electron chi connectivity index (χ0n) is 15.5. The van der Waals surface area contributed by atoms with Crippen LogP contribution in [0.1, 0.15) is 19.4 Å². The van der Waals surface area contributed by atoms with Gasteiger partial charge in [-0.2, -0.15) is 0 Å². The highest BCUT2D eigenvalue weighted by molar-refractivity contribution is 6.54. The number of para-hydroxylation sites is 1. The van der Waals surface area contributed by atoms with Crippen LogP contribution in [0, 0.1) is 0 Å². The van der Waals surface area contributed by atoms with Crippen molar-refractivity contribution in [1.29, 1.82) is 0 Å². The summed E-state index contributed by atoms with van der Waals surface area (Å²) in [6.45, 7) is 2.93. The largest absolute Gasteiger partial charge is 0.394 e. The van der Waals surface area contributed by atoms with Crippen LogP contribution in [-0.4, -0.2) is 76.6 Å². The normalized spacial score (nSPS) is 31.0. The minimum absolute atomic E-state index is 0.0591. The Bertz CT molecular complexity index is 784. The van der Waals surface area contributed by atoms with Crippen molar-refractivity contribution in [3.05, 3.63) is 29.8 Å². The van der Waals surface area contributed by atoms with Crippen LogP contribution in [0.2, 0.25) is 0 Å². The summed E-state index contributed by atoms with van der Waals surface area (Å²) < 4.78 is 5.44. The van der Waals surface area contributed by atoms with Gasteiger partial charge in [0, 0.05) is 19.0 Å². The van der Waals surface area contributed by atoms with E-state index in [1.54, 1.807) is 29.2 Å². The highest BCUT2D eigenvalue weighted by Gasteiger charge is 2.46. The number of oxime groups is 1. The fraction of sp³-hybridized carbons (Fsp3) is 0.500. The van der Waals surface area contributed by atoms with Crippen LogP contribution in [-0.2, 0) is 19.2 Å². The molecule has 1 saturated heterocycles. The molecule has 0 aromatic heterocycles. The molecular formula is C18H23N3O7. The van der Waals surface area contributed by atoms with Crippen LogP contribution >= 0.6 is 0 Å². The average Bonchev–Trinajstić information content (AvgIpc) is 2.95. The molecule has 0 radical (unpaired) electrons. The molecule has 2 heterocycles. The molecule has 10 nitrogen and oxygen atoms in total. The molecule has 0 aliphatic carbocycles. The van der Waals surface area contributed by atoms with Gasteiger partial charge in [-0.1, -0.05) is 23.4 Å². The van der Waals surface area contributed by atoms with Gasteiger partial charge in [0.25, 0.3) is 5.91 Å². The van der Waals surface area contributed by atoms with Gasteiger partial charge in [0.15, 0.2) is 5.71 Å². The molecule has 28 heavy (non-hydrogen) atoms. The van der Waals surface area contributed by atoms with Crippen LogP contribution < -0.4 is 10.2 Å². The lowest BCUT2D eigenvalue weighted by Crippen LogP contribution is -2.64. The Balaban J connectivity index is 1.88. The minimum atomic E-state index is -1.46. The van der Waals surface area contributed by atoms with E-state index in [0.29, 0.717) is 17.8 Å². The third-order valence-electron chi connectivity index (χ3n) is 4.71. The molecule has 1 aromatic carbocycles. The number of hydrogen-bond donors (Lipinski definition) is 4. The van der Waals surface area contributed by atoms with Gasteiger partial charge in [-0.3, -0.25) is 9.59 Å². The van der Waals surface area contributed by atoms with Gasteiger partial charge in [0.1, 0.15) is 24.4 Å². The second kappa shape index (κ2) is 8.23. The number of fused-ring (bicyclic) bond motifs is 1. The predicted molar refractivity (Wildman–Crippen MR) is 97.5 cm³/mol. The smallest absolute Gasteiger partial charge is 0.281 e. The number of likely N-dealkylation sites (N-methyl/N-ethyl adjacent to an activating group) is 1. The van der Waals surface area contributed by atoms with E-state index in [1.807, 2.05) is 6.92 Å². The number of ether oxygens (including phenoxy) is 1. The van der Waals surface area contributed by atoms with Gasteiger partial charge in [0.05, 0.1) is 12.3 Å². The Morgan fingerprint density at radius 3 is 2.68 bits per heavy atom. The lowest BCUT2D eigenvalue weighted by Gasteiger charge is -2.40. The van der Waals surface area contributed by atoms with Crippen LogP contribution in [0.15, 0.2) is 29.4 Å². The molecule has 0 unspecified atom stereocenters. The number of benzene rings is 1. The summed E-state index contributed by atoms with van der Waals surface area (Å²) in [6.07, 6.45) is -5.34. The minimum Gasteiger partial charge on any atom is -0.394 e. The molecule has 1 aromatic rings. The molecule has 10 heteroatoms. The Morgan fingerprint density at radius 1 is 1.32 bits per heavy atom. The zero-order valence-corrected chi connectivity index (χ0v) is 15.5. The van der Waals surface area contributed by atoms with Crippen molar-refractivity contribution in [2.45, 2.75) is 44.5 Å². The van der Waals surface area contributed by atoms with E-state index in [1.165, 1.54) is 6.92 Å². The number of aliphatic hydroxyl groups is 3. The maximum atomic E-state index is 12.6. The van der Waals surface area contributed by atoms with E-state index in [4.69, 9.17) is 9.57 Å². The van der Waals surface area contributed by atoms with E-state index in [0.717, 1.165) is 0 Å². The summed E-state index contributed by atoms with van der Waals surface area (Å²) in [5, 5.41) is 36.0. The number of hydrogen-bond acceptors (Lipinski definition) is 8. The molecule has 2 aliphatic rings. The van der Waals surface area contributed by atoms with Crippen LogP contribution in [0.4, 0.5) is 5.69 Å². The Labute approximate surface area is 161 Å². The third-order valence-corrected chi connectivity index (χ3v) is 4.71. The fourth-order valence-electron chi connectivity index (χ4n) is 3.33. The number of nitrogens with one attached hydrogen (secondary N) is 1. The fourth-order valence-corrected chi connectivity index (χ4v) is 3.33. The monoisotopic (exact) mass is 393 g/mol. The SMILES string of the molecule is CCN1C(=O)/C(=N\O[C@@H]2O[C@H](CO)[C@H](O)[C@H](O)[C@@H]2NC(C)=O)c2ccccc21. The van der Waals surface area contributed by atoms with Gasteiger partial charge in [-0.05, 0) is 13.0 Å². The van der Waals surface area contributed by atoms with Crippen molar-refractivity contribution in [1.82, 2.24) is 5.32 Å². The van der Waals surface area contributed by atoms with E-state index in [-0.39, 0.29) is 11.6 Å². The highest BCUT2D eigenvalue weighted by atomic mass is 16.8. The van der Waals surface area contributed by atoms with Gasteiger partial charge < -0.3 is 35.1 Å². The Morgan fingerprint density at radius 2 is 2.04 bits per heavy atom. The lowest BCUT2D eigenvalue weighted by molar-refractivity contribution is -0.270. The number of anilines is 1. The number of carbonyl (C=O) groups excluding carboxylic acids is 2. The first-order valence-corrected chi connectivity index (χ1v) is 8.93. The van der Waals surface area contributed by atoms with Crippen LogP contribution in [0.3, 0.4) is 0 Å². The van der Waals surface area contributed by atoms with Crippen molar-refractivity contribution in [3.63, 3.8) is 0 Å². The summed E-state index contributed by atoms with van der Waals surface area (Å²) in [5.74, 6) is -0.835. The third kappa shape index (κ3) is 3.59. The van der Waals surface area contributed by atoms with Gasteiger partial charge >= 0.3 is 0 Å². The Kier molecular flexibility index (Phi) is 5.94. The summed E-state index contributed by atoms with van der Waals surface area (Å²) in [6, 6.07) is 5.94. The standard InChI is InChI=1S/C18H23N3O7/c1-3-21-11-7-5-4-6-10(11)13(17(21)26)20-28-18-14(19-9(2)23)16(25)15(24)12(8-22)27-18/h4-7,12,14-16,18,22,24-25H,3,8H2,1-2H3,(H,19,23)/b20-13-/t12-,14+,15+,16-,18+/m1/s1. The quantitative estimate of drug-likeness (QED) is 0.457. The van der Waals surface area contributed by atoms with Crippen molar-refractivity contribution >= 4 is 23.2 Å². The van der Waals surface area contributed by atoms with Gasteiger partial charge in [-0.15, -0.1) is 0 Å². The number of nitrogens with zero attached hydrogens (tertiary/aromatic N) is 2. The van der Waals surface area contributed by atoms with E-state index in [9.17, 15) is 24.9 Å². The number of rotatable bonds is 5. The first kappa shape index (κ1) is 20.2. The van der Waals surface area contributed by atoms with E-state index < -0.39 is 43.2 Å². The maximum absolute atomic E-state index is 12.6. The first-order chi connectivity index (χ1) is 13.4. The molecule has 0 saturated carbocycles. The second-order valence-electron chi connectivity index (χ2n) is 6.54. The van der Waals surface area contributed by atoms with Crippen LogP contribution in [0.5, 0.6) is 0 Å². The second-order valence-corrected chi connectivity index (χ2v) is 6.54. The summed E-state index contributed by atoms with van der Waals surface area (Å²) >= 11 is 0. The van der Waals surface area contributed by atoms with Gasteiger partial charge in [0.2, 0.25) is 12.2 Å². The molecule has 2 aliphatic heterocycles. The molecule has 0 spiro atoms. The summed E-state index contributed by atoms with van der Waals surface area (Å²) in [7, 11) is 0. The molecule has 2 amide bonds. The van der Waals surface area contributed by atoms with Crippen molar-refractivity contribution in [2.75, 3.05) is 18.1 Å². The summed E-state index contributed by atoms with van der Waals surface area (Å²) in [4.78, 5) is 31.0. The van der Waals surface area contributed by atoms with Gasteiger partial charge in [-0.25, -0.2) is 0 Å². The molecule has 152 valence electrons. The molecule has 5 atom stereocenters. The summed E-state index contributed by atoms with van der Waals surface area (Å²) in [5.41, 5.74) is 1.34. The zero-order chi connectivity index (χ0) is 20.4. The van der Waals surface area contributed by atoms with E-state index in [2.05, 4.69) is 10.5 Å². The topological polar surface area (TPSA) is 141 Å². The van der Waals surface area contributed by atoms with Crippen molar-refractivity contribution < 1.29 is 34.5 Å². The maximum Gasteiger partial charge on any atom is 0.281 e. The molecular weight excluding hydrogens is 370 g/mol. The predicted octanol–water partition coefficient (Wildman–Crippen LogP) is -1.28.